The van der Waals surface area contributed by atoms with Crippen molar-refractivity contribution < 1.29 is 10.2 Å². The Morgan fingerprint density at radius 2 is 2.15 bits per heavy atom. The first-order valence-electron chi connectivity index (χ1n) is 5.32. The van der Waals surface area contributed by atoms with Crippen molar-refractivity contribution in [3.8, 4) is 0 Å². The molecule has 2 aliphatic rings. The summed E-state index contributed by atoms with van der Waals surface area (Å²) >= 11 is 0. The van der Waals surface area contributed by atoms with Gasteiger partial charge in [-0.3, -0.25) is 0 Å². The van der Waals surface area contributed by atoms with Crippen LogP contribution < -0.4 is 0 Å². The zero-order valence-corrected chi connectivity index (χ0v) is 8.58. The molecule has 3 atom stereocenters. The summed E-state index contributed by atoms with van der Waals surface area (Å²) in [5, 5.41) is 19.7. The standard InChI is InChI=1S/C11H20O2/c1-10(2,13)7-11-4-3-8(6-11)5-9(11)12/h8-9,12-13H,3-7H2,1-2H3. The van der Waals surface area contributed by atoms with Gasteiger partial charge in [-0.05, 0) is 57.3 Å². The highest BCUT2D eigenvalue weighted by atomic mass is 16.3. The molecule has 0 saturated heterocycles. The van der Waals surface area contributed by atoms with Gasteiger partial charge in [0.15, 0.2) is 0 Å². The maximum atomic E-state index is 9.92. The lowest BCUT2D eigenvalue weighted by molar-refractivity contribution is -0.0334. The third-order valence-corrected chi connectivity index (χ3v) is 3.79. The van der Waals surface area contributed by atoms with Gasteiger partial charge in [-0.1, -0.05) is 0 Å². The van der Waals surface area contributed by atoms with Crippen LogP contribution in [0.15, 0.2) is 0 Å². The van der Waals surface area contributed by atoms with Crippen molar-refractivity contribution in [1.82, 2.24) is 0 Å². The van der Waals surface area contributed by atoms with Crippen molar-refractivity contribution in [2.24, 2.45) is 11.3 Å². The van der Waals surface area contributed by atoms with Crippen molar-refractivity contribution in [3.05, 3.63) is 0 Å². The van der Waals surface area contributed by atoms with Gasteiger partial charge < -0.3 is 10.2 Å². The van der Waals surface area contributed by atoms with Crippen molar-refractivity contribution in [3.63, 3.8) is 0 Å². The predicted molar refractivity (Wildman–Crippen MR) is 51.3 cm³/mol. The van der Waals surface area contributed by atoms with Crippen LogP contribution in [0.1, 0.15) is 46.0 Å². The Balaban J connectivity index is 2.11. The number of hydrogen-bond donors (Lipinski definition) is 2. The molecule has 0 amide bonds. The van der Waals surface area contributed by atoms with Gasteiger partial charge in [-0.2, -0.15) is 0 Å². The van der Waals surface area contributed by atoms with Gasteiger partial charge in [0.2, 0.25) is 0 Å². The average Bonchev–Trinajstić information content (AvgIpc) is 2.39. The first kappa shape index (κ1) is 9.47. The van der Waals surface area contributed by atoms with Crippen LogP contribution >= 0.6 is 0 Å². The van der Waals surface area contributed by atoms with Crippen LogP contribution in [0.3, 0.4) is 0 Å². The third-order valence-electron chi connectivity index (χ3n) is 3.79. The van der Waals surface area contributed by atoms with Crippen LogP contribution in [0, 0.1) is 11.3 Å². The monoisotopic (exact) mass is 184 g/mol. The van der Waals surface area contributed by atoms with Crippen molar-refractivity contribution >= 4 is 0 Å². The Kier molecular flexibility index (Phi) is 1.97. The van der Waals surface area contributed by atoms with E-state index in [1.807, 2.05) is 13.8 Å². The number of aliphatic hydroxyl groups excluding tert-OH is 1. The summed E-state index contributed by atoms with van der Waals surface area (Å²) < 4.78 is 0. The highest BCUT2D eigenvalue weighted by Gasteiger charge is 2.52. The first-order chi connectivity index (χ1) is 5.91. The van der Waals surface area contributed by atoms with E-state index in [9.17, 15) is 10.2 Å². The van der Waals surface area contributed by atoms with Crippen molar-refractivity contribution in [2.75, 3.05) is 0 Å². The molecular formula is C11H20O2. The van der Waals surface area contributed by atoms with Crippen molar-refractivity contribution in [2.45, 2.75) is 57.7 Å². The van der Waals surface area contributed by atoms with Crippen LogP contribution in [0.2, 0.25) is 0 Å². The minimum atomic E-state index is -0.625. The highest BCUT2D eigenvalue weighted by Crippen LogP contribution is 2.57. The molecule has 0 aromatic heterocycles. The maximum absolute atomic E-state index is 9.92. The maximum Gasteiger partial charge on any atom is 0.0600 e. The second kappa shape index (κ2) is 2.71. The summed E-state index contributed by atoms with van der Waals surface area (Å²) in [5.74, 6) is 0.734. The fourth-order valence-electron chi connectivity index (χ4n) is 3.48. The van der Waals surface area contributed by atoms with Gasteiger partial charge in [0, 0.05) is 0 Å². The van der Waals surface area contributed by atoms with Gasteiger partial charge in [-0.15, -0.1) is 0 Å². The zero-order chi connectivity index (χ0) is 9.69. The molecule has 0 spiro atoms. The van der Waals surface area contributed by atoms with Crippen molar-refractivity contribution in [1.29, 1.82) is 0 Å². The van der Waals surface area contributed by atoms with E-state index >= 15 is 0 Å². The van der Waals surface area contributed by atoms with E-state index in [1.54, 1.807) is 0 Å². The smallest absolute Gasteiger partial charge is 0.0600 e. The Bertz CT molecular complexity index is 207. The fourth-order valence-corrected chi connectivity index (χ4v) is 3.48. The summed E-state index contributed by atoms with van der Waals surface area (Å²) in [6, 6.07) is 0. The SMILES string of the molecule is CC(C)(O)CC12CCC(CC1O)C2. The fraction of sp³-hybridized carbons (Fsp3) is 1.00. The summed E-state index contributed by atoms with van der Waals surface area (Å²) in [6.45, 7) is 3.69. The topological polar surface area (TPSA) is 40.5 Å². The predicted octanol–water partition coefficient (Wildman–Crippen LogP) is 1.70. The minimum Gasteiger partial charge on any atom is -0.393 e. The number of hydrogen-bond acceptors (Lipinski definition) is 2. The highest BCUT2D eigenvalue weighted by molar-refractivity contribution is 5.03. The molecule has 2 heteroatoms. The molecule has 0 aliphatic heterocycles. The normalized spacial score (nSPS) is 44.3. The Morgan fingerprint density at radius 1 is 1.46 bits per heavy atom. The lowest BCUT2D eigenvalue weighted by atomic mass is 9.74. The summed E-state index contributed by atoms with van der Waals surface area (Å²) in [4.78, 5) is 0. The number of aliphatic hydroxyl groups is 2. The largest absolute Gasteiger partial charge is 0.393 e. The molecule has 2 rings (SSSR count). The quantitative estimate of drug-likeness (QED) is 0.685. The van der Waals surface area contributed by atoms with E-state index in [-0.39, 0.29) is 11.5 Å². The minimum absolute atomic E-state index is 0.0584. The van der Waals surface area contributed by atoms with E-state index < -0.39 is 5.60 Å². The molecule has 2 nitrogen and oxygen atoms in total. The second-order valence-corrected chi connectivity index (χ2v) is 5.71. The molecule has 0 heterocycles. The first-order valence-corrected chi connectivity index (χ1v) is 5.32. The molecule has 13 heavy (non-hydrogen) atoms. The lowest BCUT2D eigenvalue weighted by Crippen LogP contribution is -2.37. The van der Waals surface area contributed by atoms with Crippen LogP contribution in [0.5, 0.6) is 0 Å². The molecule has 2 saturated carbocycles. The lowest BCUT2D eigenvalue weighted by Gasteiger charge is -2.36. The summed E-state index contributed by atoms with van der Waals surface area (Å²) in [7, 11) is 0. The summed E-state index contributed by atoms with van der Waals surface area (Å²) in [5.41, 5.74) is -0.566. The molecule has 2 aliphatic carbocycles. The Morgan fingerprint density at radius 3 is 2.54 bits per heavy atom. The second-order valence-electron chi connectivity index (χ2n) is 5.71. The molecule has 3 unspecified atom stereocenters. The van der Waals surface area contributed by atoms with Crippen LogP contribution in [0.25, 0.3) is 0 Å². The van der Waals surface area contributed by atoms with Crippen LogP contribution in [0.4, 0.5) is 0 Å². The zero-order valence-electron chi connectivity index (χ0n) is 8.58. The van der Waals surface area contributed by atoms with Crippen LogP contribution in [-0.2, 0) is 0 Å². The average molecular weight is 184 g/mol. The molecule has 2 fully saturated rings. The van der Waals surface area contributed by atoms with E-state index in [0.29, 0.717) is 0 Å². The van der Waals surface area contributed by atoms with E-state index in [4.69, 9.17) is 0 Å². The molecule has 2 bridgehead atoms. The van der Waals surface area contributed by atoms with Gasteiger partial charge in [0.25, 0.3) is 0 Å². The summed E-state index contributed by atoms with van der Waals surface area (Å²) in [6.07, 6.45) is 5.08. The Hall–Kier alpha value is -0.0800. The van der Waals surface area contributed by atoms with E-state index in [0.717, 1.165) is 31.6 Å². The van der Waals surface area contributed by atoms with Gasteiger partial charge in [0.05, 0.1) is 11.7 Å². The van der Waals surface area contributed by atoms with Crippen LogP contribution in [-0.4, -0.2) is 21.9 Å². The van der Waals surface area contributed by atoms with E-state index in [2.05, 4.69) is 0 Å². The molecule has 76 valence electrons. The molecule has 0 aromatic rings. The molecule has 0 radical (unpaired) electrons. The molecule has 2 N–H and O–H groups in total. The van der Waals surface area contributed by atoms with Gasteiger partial charge in [-0.25, -0.2) is 0 Å². The van der Waals surface area contributed by atoms with Gasteiger partial charge >= 0.3 is 0 Å². The number of rotatable bonds is 2. The van der Waals surface area contributed by atoms with Gasteiger partial charge in [0.1, 0.15) is 0 Å². The molecule has 0 aromatic carbocycles. The molecular weight excluding hydrogens is 164 g/mol. The third kappa shape index (κ3) is 1.62. The number of fused-ring (bicyclic) bond motifs is 2. The van der Waals surface area contributed by atoms with E-state index in [1.165, 1.54) is 6.42 Å². The Labute approximate surface area is 80.0 Å².